The molecule has 11 N–H and O–H groups in total. The van der Waals surface area contributed by atoms with Crippen molar-refractivity contribution >= 4 is 156 Å². The SMILES string of the molecule is CCOc1ncc(-c2cc(NC[C@@H](C)c3cccc4c(C(=O)NC)ccnc34)ncn2)cn1.CNC(=O)c1ccnc2c([C@H](C)CNc3cc(-c4ccc(OC)nc4)ncn3)cccc12.CNC(=O)c1ccnc2c([C@H](C)CNc3cc(-c4cnc(N)nc4)ncn3)cccc12.CNC(=O)c1ccnc2c([C@H](C)CNc3cc(-c4cnc(NC(C)C)nc4)ncn3)cccc12.S.S.S.S. The molecule has 0 aliphatic rings. The van der Waals surface area contributed by atoms with Crippen LogP contribution in [0.3, 0.4) is 0 Å². The van der Waals surface area contributed by atoms with E-state index in [0.717, 1.165) is 105 Å². The molecule has 692 valence electrons. The van der Waals surface area contributed by atoms with Crippen LogP contribution in [0.1, 0.15) is 136 Å². The van der Waals surface area contributed by atoms with Gasteiger partial charge in [-0.15, -0.1) is 0 Å². The molecule has 0 spiro atoms. The van der Waals surface area contributed by atoms with E-state index in [1.807, 2.05) is 124 Å². The number of benzene rings is 4. The molecule has 4 aromatic carbocycles. The summed E-state index contributed by atoms with van der Waals surface area (Å²) in [6, 6.07) is 42.4. The third kappa shape index (κ3) is 26.0. The smallest absolute Gasteiger partial charge is 0.316 e. The third-order valence-electron chi connectivity index (χ3n) is 21.0. The summed E-state index contributed by atoms with van der Waals surface area (Å²) >= 11 is 0. The number of hydrogen-bond donors (Lipinski definition) is 10. The van der Waals surface area contributed by atoms with Gasteiger partial charge in [-0.05, 0) is 73.4 Å². The van der Waals surface area contributed by atoms with Crippen LogP contribution in [0.5, 0.6) is 11.9 Å². The number of carbonyl (C=O) groups is 4. The standard InChI is InChI=1S/C25H28N8O.C24H25N7O2.C24H24N6O2.C22H22N8O.4H2S/c1-15(2)33-25-29-12-17(13-30-25)21-10-22(32-14-31-21)28-11-16(3)18-6-5-7-19-20(24(34)26-4)8-9-27-23(18)19;1-4-33-24-28-12-16(13-29-24)20-10-21(31-14-30-20)27-11-15(2)17-6-5-7-18-19(23(32)25-3)8-9-26-22(17)18;1-15(17-5-4-6-18-19(24(31)25-2)9-10-26-23(17)18)12-27-21-11-20(29-14-30-21)16-7-8-22(32-3)28-13-16;1-13(15-4-3-5-16-17(21(31)24-2)6-7-25-20(15)16)9-26-19-8-18(29-12-30-19)14-10-27-22(23)28-11-14;;;;/h5-10,12-16H,11H2,1-4H3,(H,26,34)(H,28,31,32)(H,29,30,33);5-10,12-15H,4,11H2,1-3H3,(H,25,32)(H,27,30,31);4-11,13-15H,12H2,1-3H3,(H,25,31)(H,27,29,30);3-8,10-13H,9H2,1-2H3,(H,24,31)(H2,23,27,28)(H,26,29,30);4*1H2/t16-;2*15-;13-;;;;/m1111..../s1. The first-order valence-electron chi connectivity index (χ1n) is 42.0. The molecule has 0 unspecified atom stereocenters. The van der Waals surface area contributed by atoms with Crippen LogP contribution in [0.2, 0.25) is 0 Å². The van der Waals surface area contributed by atoms with Crippen molar-refractivity contribution in [3.63, 3.8) is 0 Å². The third-order valence-corrected chi connectivity index (χ3v) is 21.0. The lowest BCUT2D eigenvalue weighted by atomic mass is 9.96. The van der Waals surface area contributed by atoms with Crippen LogP contribution in [-0.4, -0.2) is 192 Å². The maximum atomic E-state index is 12.3. The van der Waals surface area contributed by atoms with Crippen LogP contribution in [-0.2, 0) is 0 Å². The molecule has 0 bridgehead atoms. The number of carbonyl (C=O) groups excluding carboxylic acids is 4. The van der Waals surface area contributed by atoms with Crippen molar-refractivity contribution in [2.45, 2.75) is 78.2 Å². The highest BCUT2D eigenvalue weighted by Crippen LogP contribution is 2.34. The molecule has 0 saturated heterocycles. The molecule has 16 aromatic rings. The molecule has 0 aliphatic heterocycles. The molecule has 35 nitrogen and oxygen atoms in total. The topological polar surface area (TPSA) is 466 Å². The zero-order valence-electron chi connectivity index (χ0n) is 75.8. The normalized spacial score (nSPS) is 11.4. The van der Waals surface area contributed by atoms with Crippen molar-refractivity contribution in [3.8, 4) is 56.9 Å². The minimum atomic E-state index is -0.129. The number of aromatic nitrogens is 19. The van der Waals surface area contributed by atoms with Crippen LogP contribution < -0.4 is 63.1 Å². The molecule has 0 fully saturated rings. The van der Waals surface area contributed by atoms with Gasteiger partial charge in [0.25, 0.3) is 23.6 Å². The Bertz CT molecular complexity index is 6630. The summed E-state index contributed by atoms with van der Waals surface area (Å²) in [5.41, 5.74) is 21.7. The van der Waals surface area contributed by atoms with Gasteiger partial charge < -0.3 is 63.1 Å². The van der Waals surface area contributed by atoms with Gasteiger partial charge >= 0.3 is 6.01 Å². The van der Waals surface area contributed by atoms with Crippen LogP contribution >= 0.6 is 54.0 Å². The number of anilines is 6. The van der Waals surface area contributed by atoms with Crippen LogP contribution in [0.4, 0.5) is 35.2 Å². The second-order valence-corrected chi connectivity index (χ2v) is 30.2. The monoisotopic (exact) mass is 1880 g/mol. The van der Waals surface area contributed by atoms with E-state index in [1.165, 1.54) is 25.3 Å². The van der Waals surface area contributed by atoms with Crippen molar-refractivity contribution in [1.82, 2.24) is 116 Å². The maximum Gasteiger partial charge on any atom is 0.316 e. The van der Waals surface area contributed by atoms with Gasteiger partial charge in [0.15, 0.2) is 0 Å². The summed E-state index contributed by atoms with van der Waals surface area (Å²) in [4.78, 5) is 131. The summed E-state index contributed by atoms with van der Waals surface area (Å²) in [6.07, 6.45) is 24.6. The van der Waals surface area contributed by atoms with Gasteiger partial charge in [0.1, 0.15) is 48.6 Å². The average molecular weight is 1880 g/mol. The predicted octanol–water partition coefficient (Wildman–Crippen LogP) is 14.1. The Hall–Kier alpha value is -15.1. The minimum Gasteiger partial charge on any atom is -0.481 e. The minimum absolute atomic E-state index is 0. The number of rotatable bonds is 29. The van der Waals surface area contributed by atoms with Gasteiger partial charge in [-0.3, -0.25) is 39.1 Å². The quantitative estimate of drug-likeness (QED) is 0.0208. The lowest BCUT2D eigenvalue weighted by molar-refractivity contribution is 0.0956. The number of pyridine rings is 5. The highest BCUT2D eigenvalue weighted by Gasteiger charge is 2.22. The zero-order valence-corrected chi connectivity index (χ0v) is 79.8. The number of nitrogen functional groups attached to an aromatic ring is 1. The molecule has 0 radical (unpaired) electrons. The van der Waals surface area contributed by atoms with E-state index in [2.05, 4.69) is 170 Å². The maximum absolute atomic E-state index is 12.3. The largest absolute Gasteiger partial charge is 0.481 e. The fourth-order valence-electron chi connectivity index (χ4n) is 14.2. The van der Waals surface area contributed by atoms with E-state index in [4.69, 9.17) is 15.2 Å². The molecule has 39 heteroatoms. The number of ether oxygens (including phenoxy) is 2. The number of fused-ring (bicyclic) bond motifs is 4. The van der Waals surface area contributed by atoms with Gasteiger partial charge in [0, 0.05) is 226 Å². The van der Waals surface area contributed by atoms with Gasteiger partial charge in [-0.1, -0.05) is 100 Å². The van der Waals surface area contributed by atoms with Gasteiger partial charge in [0.2, 0.25) is 17.8 Å². The summed E-state index contributed by atoms with van der Waals surface area (Å²) in [6.45, 7) is 17.4. The van der Waals surface area contributed by atoms with Gasteiger partial charge in [0.05, 0.1) is 80.8 Å². The number of hydrogen-bond acceptors (Lipinski definition) is 31. The lowest BCUT2D eigenvalue weighted by Gasteiger charge is -2.16. The summed E-state index contributed by atoms with van der Waals surface area (Å²) in [7, 11) is 8.09. The zero-order chi connectivity index (χ0) is 91.6. The number of amides is 4. The van der Waals surface area contributed by atoms with E-state index < -0.39 is 0 Å². The van der Waals surface area contributed by atoms with Crippen molar-refractivity contribution < 1.29 is 28.7 Å². The van der Waals surface area contributed by atoms with Crippen molar-refractivity contribution in [2.24, 2.45) is 0 Å². The van der Waals surface area contributed by atoms with E-state index >= 15 is 0 Å². The highest BCUT2D eigenvalue weighted by molar-refractivity contribution is 7.59. The number of nitrogens with two attached hydrogens (primary N) is 1. The van der Waals surface area contributed by atoms with Crippen LogP contribution in [0.25, 0.3) is 88.6 Å². The van der Waals surface area contributed by atoms with Crippen molar-refractivity contribution in [1.29, 1.82) is 0 Å². The molecular weight excluding hydrogens is 1770 g/mol. The molecule has 4 amide bonds. The van der Waals surface area contributed by atoms with E-state index in [-0.39, 0.29) is 113 Å². The Morgan fingerprint density at radius 3 is 0.910 bits per heavy atom. The predicted molar refractivity (Wildman–Crippen MR) is 545 cm³/mol. The molecule has 4 atom stereocenters. The van der Waals surface area contributed by atoms with E-state index in [9.17, 15) is 19.2 Å². The van der Waals surface area contributed by atoms with Gasteiger partial charge in [-0.25, -0.2) is 74.8 Å². The van der Waals surface area contributed by atoms with Crippen LogP contribution in [0.15, 0.2) is 227 Å². The fraction of sp³-hybridized carbons (Fsp3) is 0.232. The van der Waals surface area contributed by atoms with Crippen molar-refractivity contribution in [2.75, 3.05) is 100 Å². The molecule has 12 aromatic heterocycles. The number of methoxy groups -OCH3 is 1. The molecule has 134 heavy (non-hydrogen) atoms. The molecule has 0 saturated carbocycles. The number of para-hydroxylation sites is 4. The van der Waals surface area contributed by atoms with Crippen molar-refractivity contribution in [3.05, 3.63) is 271 Å². The molecular formula is C95H107N29O6S4. The molecule has 12 heterocycles. The summed E-state index contributed by atoms with van der Waals surface area (Å²) in [5, 5.41) is 30.8. The average Bonchev–Trinajstić information content (AvgIpc) is 0.798. The van der Waals surface area contributed by atoms with Gasteiger partial charge in [-0.2, -0.15) is 54.0 Å². The first kappa shape index (κ1) is 103. The first-order chi connectivity index (χ1) is 63.2. The molecule has 16 rings (SSSR count). The Balaban J connectivity index is 0.000000199. The second-order valence-electron chi connectivity index (χ2n) is 30.2. The van der Waals surface area contributed by atoms with E-state index in [1.54, 1.807) is 134 Å². The fourth-order valence-corrected chi connectivity index (χ4v) is 14.2. The molecule has 0 aliphatic carbocycles. The lowest BCUT2D eigenvalue weighted by Crippen LogP contribution is -2.18. The Morgan fingerprint density at radius 2 is 0.634 bits per heavy atom. The highest BCUT2D eigenvalue weighted by atomic mass is 32.1. The Morgan fingerprint density at radius 1 is 0.343 bits per heavy atom. The van der Waals surface area contributed by atoms with E-state index in [0.29, 0.717) is 102 Å². The summed E-state index contributed by atoms with van der Waals surface area (Å²) in [5.74, 6) is 4.16. The van der Waals surface area contributed by atoms with Crippen LogP contribution in [0, 0.1) is 0 Å². The summed E-state index contributed by atoms with van der Waals surface area (Å²) < 4.78 is 10.4. The first-order valence-corrected chi connectivity index (χ1v) is 42.0. The second kappa shape index (κ2) is 49.8. The number of nitrogens with one attached hydrogen (secondary N) is 9. The Kier molecular flexibility index (Phi) is 38.1. The number of nitrogens with zero attached hydrogens (tertiary/aromatic N) is 19. The Labute approximate surface area is 802 Å².